The molecule has 0 aliphatic carbocycles. The Morgan fingerprint density at radius 1 is 1.26 bits per heavy atom. The van der Waals surface area contributed by atoms with Crippen LogP contribution in [0.4, 0.5) is 0 Å². The van der Waals surface area contributed by atoms with Crippen molar-refractivity contribution in [3.8, 4) is 0 Å². The molecule has 1 atom stereocenters. The molecule has 1 N–H and O–H groups in total. The highest BCUT2D eigenvalue weighted by atomic mass is 16.4. The minimum Gasteiger partial charge on any atom is -0.423 e. The van der Waals surface area contributed by atoms with E-state index in [2.05, 4.69) is 20.5 Å². The number of likely N-dealkylation sites (N-methyl/N-ethyl adjacent to an activating group) is 1. The van der Waals surface area contributed by atoms with Crippen molar-refractivity contribution in [1.29, 1.82) is 0 Å². The maximum atomic E-state index is 12.1. The average Bonchev–Trinajstić information content (AvgIpc) is 2.98. The number of hydrogen-bond acceptors (Lipinski definition) is 6. The quantitative estimate of drug-likeness (QED) is 0.839. The summed E-state index contributed by atoms with van der Waals surface area (Å²) in [6, 6.07) is 5.42. The van der Waals surface area contributed by atoms with Crippen LogP contribution in [0, 0.1) is 0 Å². The topological polar surface area (TPSA) is 84.2 Å². The molecule has 2 heterocycles. The minimum absolute atomic E-state index is 0.0970. The smallest absolute Gasteiger partial charge is 0.238 e. The molecule has 23 heavy (non-hydrogen) atoms. The molecule has 0 aliphatic rings. The van der Waals surface area contributed by atoms with Crippen LogP contribution in [0.15, 0.2) is 28.8 Å². The zero-order valence-electron chi connectivity index (χ0n) is 14.0. The van der Waals surface area contributed by atoms with Crippen LogP contribution in [0.3, 0.4) is 0 Å². The second kappa shape index (κ2) is 7.82. The molecule has 0 radical (unpaired) electrons. The van der Waals surface area contributed by atoms with Gasteiger partial charge in [-0.15, -0.1) is 10.2 Å². The summed E-state index contributed by atoms with van der Waals surface area (Å²) in [4.78, 5) is 18.3. The van der Waals surface area contributed by atoms with Gasteiger partial charge in [-0.2, -0.15) is 0 Å². The standard InChI is InChI=1S/C16H23N5O2/c1-11(2)15-19-20-16(23-15)12(3)18-14(22)10-21(4)9-13-7-5-6-8-17-13/h5-8,11-12H,9-10H2,1-4H3,(H,18,22)/t12-/m0/s1. The number of aromatic nitrogens is 3. The van der Waals surface area contributed by atoms with Crippen molar-refractivity contribution < 1.29 is 9.21 Å². The van der Waals surface area contributed by atoms with Crippen molar-refractivity contribution in [3.05, 3.63) is 41.9 Å². The summed E-state index contributed by atoms with van der Waals surface area (Å²) in [6.07, 6.45) is 1.74. The molecule has 1 amide bonds. The number of nitrogens with one attached hydrogen (secondary N) is 1. The van der Waals surface area contributed by atoms with Crippen molar-refractivity contribution in [2.75, 3.05) is 13.6 Å². The molecular formula is C16H23N5O2. The number of nitrogens with zero attached hydrogens (tertiary/aromatic N) is 4. The van der Waals surface area contributed by atoms with Gasteiger partial charge in [0.15, 0.2) is 0 Å². The number of hydrogen-bond donors (Lipinski definition) is 1. The van der Waals surface area contributed by atoms with Gasteiger partial charge < -0.3 is 9.73 Å². The Labute approximate surface area is 136 Å². The van der Waals surface area contributed by atoms with E-state index in [0.29, 0.717) is 18.3 Å². The first kappa shape index (κ1) is 17.1. The molecule has 2 aromatic rings. The van der Waals surface area contributed by atoms with Crippen LogP contribution in [0.5, 0.6) is 0 Å². The second-order valence-corrected chi connectivity index (χ2v) is 5.92. The number of carbonyl (C=O) groups excluding carboxylic acids is 1. The Kier molecular flexibility index (Phi) is 5.81. The van der Waals surface area contributed by atoms with Crippen LogP contribution in [-0.4, -0.2) is 39.6 Å². The Morgan fingerprint density at radius 3 is 2.61 bits per heavy atom. The molecule has 7 nitrogen and oxygen atoms in total. The Bertz CT molecular complexity index is 626. The third-order valence-electron chi connectivity index (χ3n) is 3.27. The van der Waals surface area contributed by atoms with E-state index in [0.717, 1.165) is 5.69 Å². The van der Waals surface area contributed by atoms with E-state index in [1.807, 2.05) is 50.9 Å². The maximum absolute atomic E-state index is 12.1. The summed E-state index contributed by atoms with van der Waals surface area (Å²) in [5.41, 5.74) is 0.925. The van der Waals surface area contributed by atoms with Gasteiger partial charge >= 0.3 is 0 Å². The number of carbonyl (C=O) groups is 1. The molecule has 0 bridgehead atoms. The van der Waals surface area contributed by atoms with Gasteiger partial charge in [-0.3, -0.25) is 14.7 Å². The molecule has 0 fully saturated rings. The van der Waals surface area contributed by atoms with Gasteiger partial charge in [0.2, 0.25) is 17.7 Å². The predicted octanol–water partition coefficient (Wildman–Crippen LogP) is 1.90. The molecule has 0 aromatic carbocycles. The SMILES string of the molecule is CC(C)c1nnc([C@H](C)NC(=O)CN(C)Cc2ccccn2)o1. The molecule has 0 unspecified atom stereocenters. The van der Waals surface area contributed by atoms with Crippen molar-refractivity contribution in [2.24, 2.45) is 0 Å². The zero-order chi connectivity index (χ0) is 16.8. The average molecular weight is 317 g/mol. The Hall–Kier alpha value is -2.28. The first-order valence-electron chi connectivity index (χ1n) is 7.66. The highest BCUT2D eigenvalue weighted by molar-refractivity contribution is 5.78. The maximum Gasteiger partial charge on any atom is 0.238 e. The molecule has 0 spiro atoms. The van der Waals surface area contributed by atoms with Crippen LogP contribution in [0.25, 0.3) is 0 Å². The zero-order valence-corrected chi connectivity index (χ0v) is 14.0. The molecule has 124 valence electrons. The normalized spacial score (nSPS) is 12.6. The van der Waals surface area contributed by atoms with Crippen molar-refractivity contribution in [1.82, 2.24) is 25.4 Å². The van der Waals surface area contributed by atoms with Gasteiger partial charge in [0.05, 0.1) is 12.2 Å². The van der Waals surface area contributed by atoms with Crippen molar-refractivity contribution in [3.63, 3.8) is 0 Å². The monoisotopic (exact) mass is 317 g/mol. The molecule has 0 aliphatic heterocycles. The van der Waals surface area contributed by atoms with Gasteiger partial charge in [0.25, 0.3) is 0 Å². The summed E-state index contributed by atoms with van der Waals surface area (Å²) in [7, 11) is 1.88. The summed E-state index contributed by atoms with van der Waals surface area (Å²) in [5.74, 6) is 1.08. The first-order valence-corrected chi connectivity index (χ1v) is 7.66. The van der Waals surface area contributed by atoms with E-state index in [9.17, 15) is 4.79 Å². The lowest BCUT2D eigenvalue weighted by Crippen LogP contribution is -2.36. The van der Waals surface area contributed by atoms with Crippen LogP contribution >= 0.6 is 0 Å². The number of rotatable bonds is 7. The third-order valence-corrected chi connectivity index (χ3v) is 3.27. The van der Waals surface area contributed by atoms with Crippen LogP contribution < -0.4 is 5.32 Å². The molecule has 2 aromatic heterocycles. The lowest BCUT2D eigenvalue weighted by molar-refractivity contribution is -0.122. The third kappa shape index (κ3) is 5.14. The van der Waals surface area contributed by atoms with E-state index >= 15 is 0 Å². The van der Waals surface area contributed by atoms with Gasteiger partial charge in [-0.25, -0.2) is 0 Å². The van der Waals surface area contributed by atoms with E-state index < -0.39 is 0 Å². The van der Waals surface area contributed by atoms with E-state index in [1.165, 1.54) is 0 Å². The fraction of sp³-hybridized carbons (Fsp3) is 0.500. The molecule has 2 rings (SSSR count). The van der Waals surface area contributed by atoms with Crippen molar-refractivity contribution in [2.45, 2.75) is 39.3 Å². The second-order valence-electron chi connectivity index (χ2n) is 5.92. The van der Waals surface area contributed by atoms with Crippen LogP contribution in [-0.2, 0) is 11.3 Å². The summed E-state index contributed by atoms with van der Waals surface area (Å²) in [6.45, 7) is 6.67. The lowest BCUT2D eigenvalue weighted by atomic mass is 10.2. The van der Waals surface area contributed by atoms with Gasteiger partial charge in [-0.1, -0.05) is 19.9 Å². The molecular weight excluding hydrogens is 294 g/mol. The van der Waals surface area contributed by atoms with Crippen LogP contribution in [0.2, 0.25) is 0 Å². The lowest BCUT2D eigenvalue weighted by Gasteiger charge is -2.17. The van der Waals surface area contributed by atoms with Gasteiger partial charge in [0.1, 0.15) is 6.04 Å². The largest absolute Gasteiger partial charge is 0.423 e. The number of amides is 1. The van der Waals surface area contributed by atoms with Gasteiger partial charge in [0, 0.05) is 18.7 Å². The Morgan fingerprint density at radius 2 is 2.00 bits per heavy atom. The fourth-order valence-electron chi connectivity index (χ4n) is 2.07. The highest BCUT2D eigenvalue weighted by Gasteiger charge is 2.18. The summed E-state index contributed by atoms with van der Waals surface area (Å²) in [5, 5.41) is 10.8. The molecule has 7 heteroatoms. The Balaban J connectivity index is 1.83. The van der Waals surface area contributed by atoms with E-state index in [4.69, 9.17) is 4.42 Å². The highest BCUT2D eigenvalue weighted by Crippen LogP contribution is 2.16. The predicted molar refractivity (Wildman–Crippen MR) is 85.5 cm³/mol. The van der Waals surface area contributed by atoms with Gasteiger partial charge in [-0.05, 0) is 26.1 Å². The first-order chi connectivity index (χ1) is 11.0. The fourth-order valence-corrected chi connectivity index (χ4v) is 2.07. The minimum atomic E-state index is -0.314. The molecule has 0 saturated carbocycles. The summed E-state index contributed by atoms with van der Waals surface area (Å²) >= 11 is 0. The molecule has 0 saturated heterocycles. The number of pyridine rings is 1. The van der Waals surface area contributed by atoms with E-state index in [1.54, 1.807) is 6.20 Å². The van der Waals surface area contributed by atoms with Crippen molar-refractivity contribution >= 4 is 5.91 Å². The summed E-state index contributed by atoms with van der Waals surface area (Å²) < 4.78 is 5.55. The van der Waals surface area contributed by atoms with E-state index in [-0.39, 0.29) is 24.4 Å². The van der Waals surface area contributed by atoms with Crippen LogP contribution in [0.1, 0.15) is 50.2 Å².